The molecule has 7 nitrogen and oxygen atoms in total. The number of rotatable bonds is 6. The molecule has 2 atom stereocenters. The van der Waals surface area contributed by atoms with Crippen LogP contribution in [0, 0.1) is 0 Å². The normalized spacial score (nSPS) is 14.7. The lowest BCUT2D eigenvalue weighted by atomic mass is 10.2. The smallest absolute Gasteiger partial charge is 0.337 e. The van der Waals surface area contributed by atoms with E-state index in [4.69, 9.17) is 10.8 Å². The number of sulfonamides is 1. The van der Waals surface area contributed by atoms with Gasteiger partial charge >= 0.3 is 5.97 Å². The van der Waals surface area contributed by atoms with Crippen molar-refractivity contribution in [2.75, 3.05) is 18.5 Å². The van der Waals surface area contributed by atoms with Gasteiger partial charge in [-0.05, 0) is 25.1 Å². The predicted octanol–water partition coefficient (Wildman–Crippen LogP) is 0.0123. The van der Waals surface area contributed by atoms with Crippen molar-refractivity contribution in [1.82, 2.24) is 4.72 Å². The lowest BCUT2D eigenvalue weighted by Crippen LogP contribution is -2.33. The molecule has 4 N–H and O–H groups in total. The SMILES string of the molecule is CC(CNS(=O)(=O)c1ccc(N)cc1C(=O)O)S(C)=O. The van der Waals surface area contributed by atoms with Crippen LogP contribution < -0.4 is 10.5 Å². The van der Waals surface area contributed by atoms with Crippen LogP contribution in [0.15, 0.2) is 23.1 Å². The standard InChI is InChI=1S/C11H16N2O5S2/c1-7(19(2)16)6-13-20(17,18)10-4-3-8(12)5-9(10)11(14)15/h3-5,7,13H,6,12H2,1-2H3,(H,14,15). The van der Waals surface area contributed by atoms with E-state index in [9.17, 15) is 17.4 Å². The molecule has 1 aromatic rings. The Morgan fingerprint density at radius 1 is 1.50 bits per heavy atom. The number of anilines is 1. The summed E-state index contributed by atoms with van der Waals surface area (Å²) >= 11 is 0. The Morgan fingerprint density at radius 3 is 2.60 bits per heavy atom. The topological polar surface area (TPSA) is 127 Å². The first kappa shape index (κ1) is 16.6. The van der Waals surface area contributed by atoms with Gasteiger partial charge in [0.25, 0.3) is 0 Å². The average Bonchev–Trinajstić information content (AvgIpc) is 2.35. The molecule has 0 aliphatic carbocycles. The van der Waals surface area contributed by atoms with Crippen molar-refractivity contribution < 1.29 is 22.5 Å². The minimum absolute atomic E-state index is 0.0467. The van der Waals surface area contributed by atoms with Crippen LogP contribution in [0.1, 0.15) is 17.3 Å². The number of nitrogen functional groups attached to an aromatic ring is 1. The minimum atomic E-state index is -4.00. The fraction of sp³-hybridized carbons (Fsp3) is 0.364. The zero-order valence-electron chi connectivity index (χ0n) is 11.0. The number of carboxylic acids is 1. The number of hydrogen-bond donors (Lipinski definition) is 3. The highest BCUT2D eigenvalue weighted by Crippen LogP contribution is 2.19. The van der Waals surface area contributed by atoms with Crippen molar-refractivity contribution in [2.24, 2.45) is 0 Å². The van der Waals surface area contributed by atoms with Crippen LogP contribution in [0.4, 0.5) is 5.69 Å². The monoisotopic (exact) mass is 320 g/mol. The molecule has 9 heteroatoms. The number of carboxylic acid groups (broad SMARTS) is 1. The van der Waals surface area contributed by atoms with E-state index in [0.29, 0.717) is 0 Å². The van der Waals surface area contributed by atoms with Crippen LogP contribution >= 0.6 is 0 Å². The van der Waals surface area contributed by atoms with Crippen LogP contribution in [0.3, 0.4) is 0 Å². The molecule has 1 aromatic carbocycles. The number of aromatic carboxylic acids is 1. The summed E-state index contributed by atoms with van der Waals surface area (Å²) in [5.41, 5.74) is 5.21. The zero-order valence-corrected chi connectivity index (χ0v) is 12.6. The Kier molecular flexibility index (Phi) is 5.26. The molecule has 0 aliphatic rings. The second-order valence-electron chi connectivity index (χ2n) is 4.22. The van der Waals surface area contributed by atoms with Gasteiger partial charge in [-0.3, -0.25) is 4.21 Å². The highest BCUT2D eigenvalue weighted by molar-refractivity contribution is 7.89. The highest BCUT2D eigenvalue weighted by Gasteiger charge is 2.23. The molecule has 112 valence electrons. The zero-order chi connectivity index (χ0) is 15.5. The molecule has 0 heterocycles. The van der Waals surface area contributed by atoms with E-state index in [0.717, 1.165) is 12.1 Å². The second kappa shape index (κ2) is 6.33. The molecule has 0 spiro atoms. The summed E-state index contributed by atoms with van der Waals surface area (Å²) < 4.78 is 37.6. The molecule has 0 amide bonds. The van der Waals surface area contributed by atoms with Crippen LogP contribution in [0.2, 0.25) is 0 Å². The van der Waals surface area contributed by atoms with Gasteiger partial charge in [-0.1, -0.05) is 0 Å². The van der Waals surface area contributed by atoms with E-state index in [-0.39, 0.29) is 22.4 Å². The largest absolute Gasteiger partial charge is 0.478 e. The van der Waals surface area contributed by atoms with Crippen molar-refractivity contribution in [1.29, 1.82) is 0 Å². The third-order valence-electron chi connectivity index (χ3n) is 2.65. The van der Waals surface area contributed by atoms with Crippen molar-refractivity contribution >= 4 is 32.5 Å². The predicted molar refractivity (Wildman–Crippen MR) is 76.5 cm³/mol. The Hall–Kier alpha value is -1.45. The number of carbonyl (C=O) groups is 1. The molecular formula is C11H16N2O5S2. The molecule has 20 heavy (non-hydrogen) atoms. The summed E-state index contributed by atoms with van der Waals surface area (Å²) in [5, 5.41) is 8.64. The summed E-state index contributed by atoms with van der Waals surface area (Å²) in [4.78, 5) is 10.7. The van der Waals surface area contributed by atoms with E-state index >= 15 is 0 Å². The van der Waals surface area contributed by atoms with Crippen molar-refractivity contribution in [3.8, 4) is 0 Å². The molecule has 0 fully saturated rings. The Bertz CT molecular complexity index is 642. The van der Waals surface area contributed by atoms with Crippen LogP contribution in [-0.2, 0) is 20.8 Å². The molecule has 0 saturated heterocycles. The average molecular weight is 320 g/mol. The van der Waals surface area contributed by atoms with Gasteiger partial charge in [-0.25, -0.2) is 17.9 Å². The third kappa shape index (κ3) is 4.02. The van der Waals surface area contributed by atoms with E-state index in [1.807, 2.05) is 0 Å². The van der Waals surface area contributed by atoms with Crippen molar-refractivity contribution in [3.63, 3.8) is 0 Å². The highest BCUT2D eigenvalue weighted by atomic mass is 32.2. The van der Waals surface area contributed by atoms with E-state index in [1.165, 1.54) is 12.3 Å². The van der Waals surface area contributed by atoms with Crippen molar-refractivity contribution in [2.45, 2.75) is 17.1 Å². The summed E-state index contributed by atoms with van der Waals surface area (Å²) in [6, 6.07) is 3.52. The molecule has 0 radical (unpaired) electrons. The van der Waals surface area contributed by atoms with Gasteiger partial charge in [-0.2, -0.15) is 0 Å². The third-order valence-corrected chi connectivity index (χ3v) is 5.43. The quantitative estimate of drug-likeness (QED) is 0.634. The molecular weight excluding hydrogens is 304 g/mol. The molecule has 0 saturated carbocycles. The maximum atomic E-state index is 12.1. The van der Waals surface area contributed by atoms with Gasteiger partial charge < -0.3 is 10.8 Å². The lowest BCUT2D eigenvalue weighted by Gasteiger charge is -2.12. The first-order chi connectivity index (χ1) is 9.15. The fourth-order valence-corrected chi connectivity index (χ4v) is 3.10. The maximum Gasteiger partial charge on any atom is 0.337 e. The van der Waals surface area contributed by atoms with Gasteiger partial charge in [0.2, 0.25) is 10.0 Å². The summed E-state index contributed by atoms with van der Waals surface area (Å²) in [5.74, 6) is -1.38. The van der Waals surface area contributed by atoms with Crippen LogP contribution in [0.5, 0.6) is 0 Å². The molecule has 0 bridgehead atoms. The van der Waals surface area contributed by atoms with E-state index in [2.05, 4.69) is 4.72 Å². The summed E-state index contributed by atoms with van der Waals surface area (Å²) in [6.45, 7) is 1.58. The minimum Gasteiger partial charge on any atom is -0.478 e. The second-order valence-corrected chi connectivity index (χ2v) is 7.76. The Morgan fingerprint density at radius 2 is 2.10 bits per heavy atom. The van der Waals surface area contributed by atoms with Crippen molar-refractivity contribution in [3.05, 3.63) is 23.8 Å². The first-order valence-electron chi connectivity index (χ1n) is 5.60. The van der Waals surface area contributed by atoms with Gasteiger partial charge in [0, 0.05) is 34.5 Å². The number of nitrogens with two attached hydrogens (primary N) is 1. The Labute approximate surface area is 119 Å². The number of nitrogens with one attached hydrogen (secondary N) is 1. The van der Waals surface area contributed by atoms with Gasteiger partial charge in [0.1, 0.15) is 0 Å². The lowest BCUT2D eigenvalue weighted by molar-refractivity contribution is 0.0692. The van der Waals surface area contributed by atoms with Gasteiger partial charge in [0.15, 0.2) is 0 Å². The molecule has 2 unspecified atom stereocenters. The van der Waals surface area contributed by atoms with Gasteiger partial charge in [-0.15, -0.1) is 0 Å². The molecule has 0 aromatic heterocycles. The molecule has 0 aliphatic heterocycles. The number of hydrogen-bond acceptors (Lipinski definition) is 5. The van der Waals surface area contributed by atoms with Crippen LogP contribution in [0.25, 0.3) is 0 Å². The number of benzene rings is 1. The molecule has 1 rings (SSSR count). The first-order valence-corrected chi connectivity index (χ1v) is 8.70. The Balaban J connectivity index is 3.10. The van der Waals surface area contributed by atoms with Gasteiger partial charge in [0.05, 0.1) is 10.5 Å². The summed E-state index contributed by atoms with van der Waals surface area (Å²) in [6.07, 6.45) is 1.46. The van der Waals surface area contributed by atoms with E-state index in [1.54, 1.807) is 6.92 Å². The van der Waals surface area contributed by atoms with Crippen LogP contribution in [-0.4, -0.2) is 41.8 Å². The fourth-order valence-electron chi connectivity index (χ4n) is 1.37. The summed E-state index contributed by atoms with van der Waals surface area (Å²) in [7, 11) is -5.18. The van der Waals surface area contributed by atoms with E-state index < -0.39 is 32.4 Å². The maximum absolute atomic E-state index is 12.1.